The van der Waals surface area contributed by atoms with Crippen LogP contribution in [0.15, 0.2) is 51.7 Å². The molecule has 2 aromatic carbocycles. The lowest BCUT2D eigenvalue weighted by Gasteiger charge is -2.24. The average Bonchev–Trinajstić information content (AvgIpc) is 2.94. The van der Waals surface area contributed by atoms with E-state index in [1.165, 1.54) is 17.0 Å². The molecule has 1 N–H and O–H groups in total. The van der Waals surface area contributed by atoms with Crippen LogP contribution in [0, 0.1) is 12.7 Å². The fraction of sp³-hybridized carbons (Fsp3) is 0.238. The fourth-order valence-corrected chi connectivity index (χ4v) is 3.60. The van der Waals surface area contributed by atoms with Crippen molar-refractivity contribution in [1.29, 1.82) is 0 Å². The predicted octanol–water partition coefficient (Wildman–Crippen LogP) is 3.17. The van der Waals surface area contributed by atoms with Gasteiger partial charge < -0.3 is 14.4 Å². The Balaban J connectivity index is 1.97. The second kappa shape index (κ2) is 6.63. The highest BCUT2D eigenvalue weighted by Gasteiger charge is 2.42. The zero-order valence-electron chi connectivity index (χ0n) is 14.7. The molecule has 0 saturated carbocycles. The minimum atomic E-state index is -0.666. The van der Waals surface area contributed by atoms with Crippen LogP contribution in [-0.2, 0) is 0 Å². The number of amides is 1. The van der Waals surface area contributed by atoms with Crippen LogP contribution in [0.5, 0.6) is 0 Å². The third-order valence-electron chi connectivity index (χ3n) is 4.86. The molecule has 0 aliphatic carbocycles. The maximum atomic E-state index is 13.4. The third kappa shape index (κ3) is 2.82. The van der Waals surface area contributed by atoms with Gasteiger partial charge >= 0.3 is 0 Å². The summed E-state index contributed by atoms with van der Waals surface area (Å²) in [7, 11) is 0. The van der Waals surface area contributed by atoms with Gasteiger partial charge in [-0.15, -0.1) is 0 Å². The summed E-state index contributed by atoms with van der Waals surface area (Å²) in [5, 5.41) is 9.60. The summed E-state index contributed by atoms with van der Waals surface area (Å²) in [4.78, 5) is 27.7. The summed E-state index contributed by atoms with van der Waals surface area (Å²) in [6.07, 6.45) is 0.365. The van der Waals surface area contributed by atoms with E-state index < -0.39 is 17.8 Å². The van der Waals surface area contributed by atoms with Crippen molar-refractivity contribution >= 4 is 16.9 Å². The Hall–Kier alpha value is -2.99. The summed E-state index contributed by atoms with van der Waals surface area (Å²) in [6, 6.07) is 10.3. The predicted molar refractivity (Wildman–Crippen MR) is 98.2 cm³/mol. The van der Waals surface area contributed by atoms with Gasteiger partial charge in [0.1, 0.15) is 11.4 Å². The van der Waals surface area contributed by atoms with Gasteiger partial charge in [0.2, 0.25) is 5.76 Å². The molecule has 4 rings (SSSR count). The largest absolute Gasteiger partial charge is 0.450 e. The van der Waals surface area contributed by atoms with Gasteiger partial charge in [0, 0.05) is 13.2 Å². The lowest BCUT2D eigenvalue weighted by Crippen LogP contribution is -2.31. The normalized spacial score (nSPS) is 16.2. The van der Waals surface area contributed by atoms with Gasteiger partial charge in [0.05, 0.1) is 17.0 Å². The molecule has 2 heterocycles. The van der Waals surface area contributed by atoms with Gasteiger partial charge in [-0.2, -0.15) is 0 Å². The molecule has 3 aromatic rings. The SMILES string of the molecule is Cc1ccc2oc3c(c(=O)c2c1)[C@@H](c1ccc(F)cc1)N(CCCO)C3=O. The molecule has 138 valence electrons. The lowest BCUT2D eigenvalue weighted by atomic mass is 9.98. The Morgan fingerprint density at radius 2 is 1.89 bits per heavy atom. The van der Waals surface area contributed by atoms with Crippen molar-refractivity contribution in [1.82, 2.24) is 4.90 Å². The van der Waals surface area contributed by atoms with Gasteiger partial charge in [-0.1, -0.05) is 23.8 Å². The lowest BCUT2D eigenvalue weighted by molar-refractivity contribution is 0.0716. The van der Waals surface area contributed by atoms with Gasteiger partial charge in [-0.25, -0.2) is 4.39 Å². The number of halogens is 1. The van der Waals surface area contributed by atoms with E-state index in [1.807, 2.05) is 13.0 Å². The number of hydrogen-bond donors (Lipinski definition) is 1. The zero-order valence-corrected chi connectivity index (χ0v) is 14.7. The second-order valence-corrected chi connectivity index (χ2v) is 6.70. The molecule has 1 aliphatic rings. The molecule has 1 aromatic heterocycles. The number of hydrogen-bond acceptors (Lipinski definition) is 4. The van der Waals surface area contributed by atoms with E-state index in [2.05, 4.69) is 0 Å². The molecule has 27 heavy (non-hydrogen) atoms. The number of benzene rings is 2. The maximum absolute atomic E-state index is 13.4. The molecule has 1 aliphatic heterocycles. The van der Waals surface area contributed by atoms with Crippen LogP contribution >= 0.6 is 0 Å². The van der Waals surface area contributed by atoms with Crippen molar-refractivity contribution in [3.05, 3.63) is 81.0 Å². The first kappa shape index (κ1) is 17.4. The fourth-order valence-electron chi connectivity index (χ4n) is 3.60. The topological polar surface area (TPSA) is 70.8 Å². The van der Waals surface area contributed by atoms with E-state index in [0.717, 1.165) is 5.56 Å². The average molecular weight is 367 g/mol. The third-order valence-corrected chi connectivity index (χ3v) is 4.86. The summed E-state index contributed by atoms with van der Waals surface area (Å²) < 4.78 is 19.2. The standard InChI is InChI=1S/C21H18FNO4/c1-12-3-8-16-15(11-12)19(25)17-18(13-4-6-14(22)7-5-13)23(9-2-10-24)21(26)20(17)27-16/h3-8,11,18,24H,2,9-10H2,1H3/t18-/m1/s1. The Morgan fingerprint density at radius 3 is 2.59 bits per heavy atom. The van der Waals surface area contributed by atoms with Crippen LogP contribution in [-0.4, -0.2) is 29.1 Å². The number of carbonyl (C=O) groups excluding carboxylic acids is 1. The number of aliphatic hydroxyl groups excluding tert-OH is 1. The van der Waals surface area contributed by atoms with Gasteiger partial charge in [-0.3, -0.25) is 9.59 Å². The molecule has 0 radical (unpaired) electrons. The van der Waals surface area contributed by atoms with Gasteiger partial charge in [0.15, 0.2) is 5.43 Å². The van der Waals surface area contributed by atoms with Crippen LogP contribution in [0.4, 0.5) is 4.39 Å². The van der Waals surface area contributed by atoms with Crippen molar-refractivity contribution in [3.8, 4) is 0 Å². The minimum absolute atomic E-state index is 0.0172. The van der Waals surface area contributed by atoms with E-state index in [-0.39, 0.29) is 29.9 Å². The molecule has 0 spiro atoms. The highest BCUT2D eigenvalue weighted by molar-refractivity contribution is 5.99. The van der Waals surface area contributed by atoms with Crippen LogP contribution in [0.25, 0.3) is 11.0 Å². The van der Waals surface area contributed by atoms with Gasteiger partial charge in [-0.05, 0) is 43.2 Å². The van der Waals surface area contributed by atoms with E-state index in [4.69, 9.17) is 4.42 Å². The first-order valence-corrected chi connectivity index (χ1v) is 8.76. The van der Waals surface area contributed by atoms with Crippen molar-refractivity contribution < 1.29 is 18.7 Å². The number of nitrogens with zero attached hydrogens (tertiary/aromatic N) is 1. The molecular formula is C21H18FNO4. The minimum Gasteiger partial charge on any atom is -0.450 e. The van der Waals surface area contributed by atoms with Crippen LogP contribution in [0.2, 0.25) is 0 Å². The van der Waals surface area contributed by atoms with Gasteiger partial charge in [0.25, 0.3) is 5.91 Å². The molecular weight excluding hydrogens is 349 g/mol. The molecule has 5 nitrogen and oxygen atoms in total. The van der Waals surface area contributed by atoms with Crippen molar-refractivity contribution in [2.75, 3.05) is 13.2 Å². The quantitative estimate of drug-likeness (QED) is 0.769. The zero-order chi connectivity index (χ0) is 19.1. The van der Waals surface area contributed by atoms with Crippen LogP contribution < -0.4 is 5.43 Å². The Bertz CT molecular complexity index is 1090. The van der Waals surface area contributed by atoms with E-state index in [9.17, 15) is 19.1 Å². The molecule has 0 unspecified atom stereocenters. The number of aryl methyl sites for hydroxylation is 1. The van der Waals surface area contributed by atoms with E-state index in [0.29, 0.717) is 23.0 Å². The Labute approximate surface area is 154 Å². The van der Waals surface area contributed by atoms with Crippen molar-refractivity contribution in [2.24, 2.45) is 0 Å². The Morgan fingerprint density at radius 1 is 1.15 bits per heavy atom. The van der Waals surface area contributed by atoms with E-state index >= 15 is 0 Å². The molecule has 6 heteroatoms. The maximum Gasteiger partial charge on any atom is 0.290 e. The second-order valence-electron chi connectivity index (χ2n) is 6.70. The highest BCUT2D eigenvalue weighted by Crippen LogP contribution is 2.38. The molecule has 1 atom stereocenters. The number of rotatable bonds is 4. The molecule has 0 saturated heterocycles. The monoisotopic (exact) mass is 367 g/mol. The molecule has 1 amide bonds. The first-order valence-electron chi connectivity index (χ1n) is 8.76. The number of fused-ring (bicyclic) bond motifs is 2. The summed E-state index contributed by atoms with van der Waals surface area (Å²) in [5.41, 5.74) is 1.90. The Kier molecular flexibility index (Phi) is 4.28. The van der Waals surface area contributed by atoms with Crippen molar-refractivity contribution in [2.45, 2.75) is 19.4 Å². The number of aliphatic hydroxyl groups is 1. The molecule has 0 bridgehead atoms. The highest BCUT2D eigenvalue weighted by atomic mass is 19.1. The number of carbonyl (C=O) groups is 1. The first-order chi connectivity index (χ1) is 13.0. The summed E-state index contributed by atoms with van der Waals surface area (Å²) in [5.74, 6) is -0.776. The summed E-state index contributed by atoms with van der Waals surface area (Å²) >= 11 is 0. The van der Waals surface area contributed by atoms with Crippen LogP contribution in [0.3, 0.4) is 0 Å². The smallest absolute Gasteiger partial charge is 0.290 e. The van der Waals surface area contributed by atoms with Crippen LogP contribution in [0.1, 0.15) is 39.7 Å². The molecule has 0 fully saturated rings. The van der Waals surface area contributed by atoms with Crippen molar-refractivity contribution in [3.63, 3.8) is 0 Å². The van der Waals surface area contributed by atoms with E-state index in [1.54, 1.807) is 24.3 Å². The summed E-state index contributed by atoms with van der Waals surface area (Å²) in [6.45, 7) is 2.05.